The van der Waals surface area contributed by atoms with Crippen LogP contribution in [0.15, 0.2) is 59.7 Å². The SMILES string of the molecule is CC1=C[C@@H](OC(=O)c2cc(Cl)cc(Cl)c2)[C@H]2[C@@H](CCC3=CC(=O)N(C(=O)c4cc(Cl)cc(Cl)c4)CC[C@@]32C)[C@@H]1CCC#N. The molecule has 1 heterocycles. The molecule has 2 aliphatic carbocycles. The highest BCUT2D eigenvalue weighted by atomic mass is 35.5. The number of benzene rings is 2. The summed E-state index contributed by atoms with van der Waals surface area (Å²) in [7, 11) is 0. The first-order valence-electron chi connectivity index (χ1n) is 14.2. The van der Waals surface area contributed by atoms with Crippen LogP contribution in [-0.2, 0) is 9.53 Å². The topological polar surface area (TPSA) is 87.5 Å². The fourth-order valence-electron chi connectivity index (χ4n) is 7.27. The fraction of sp³-hybridized carbons (Fsp3) is 0.394. The second kappa shape index (κ2) is 12.7. The second-order valence-electron chi connectivity index (χ2n) is 11.8. The van der Waals surface area contributed by atoms with Crippen molar-refractivity contribution in [2.24, 2.45) is 23.2 Å². The van der Waals surface area contributed by atoms with Crippen LogP contribution in [0.3, 0.4) is 0 Å². The number of carbonyl (C=O) groups excluding carboxylic acids is 3. The van der Waals surface area contributed by atoms with Crippen LogP contribution < -0.4 is 0 Å². The van der Waals surface area contributed by atoms with Crippen LogP contribution in [-0.4, -0.2) is 35.3 Å². The van der Waals surface area contributed by atoms with Gasteiger partial charge in [0.05, 0.1) is 11.6 Å². The first-order chi connectivity index (χ1) is 20.4. The molecule has 0 saturated heterocycles. The fourth-order valence-corrected chi connectivity index (χ4v) is 8.32. The minimum atomic E-state index is -0.605. The van der Waals surface area contributed by atoms with E-state index in [0.29, 0.717) is 45.8 Å². The molecule has 224 valence electrons. The molecule has 6 nitrogen and oxygen atoms in total. The van der Waals surface area contributed by atoms with Gasteiger partial charge in [0.15, 0.2) is 0 Å². The summed E-state index contributed by atoms with van der Waals surface area (Å²) in [4.78, 5) is 41.7. The number of hydrogen-bond donors (Lipinski definition) is 0. The van der Waals surface area contributed by atoms with E-state index in [0.717, 1.165) is 17.6 Å². The zero-order chi connectivity index (χ0) is 31.1. The first-order valence-corrected chi connectivity index (χ1v) is 15.7. The molecule has 0 aromatic heterocycles. The van der Waals surface area contributed by atoms with Crippen molar-refractivity contribution in [3.8, 4) is 6.07 Å². The normalized spacial score (nSPS) is 26.7. The average molecular weight is 660 g/mol. The third-order valence-corrected chi connectivity index (χ3v) is 10.1. The van der Waals surface area contributed by atoms with Gasteiger partial charge in [-0.2, -0.15) is 5.26 Å². The lowest BCUT2D eigenvalue weighted by Crippen LogP contribution is -2.51. The number of amides is 2. The van der Waals surface area contributed by atoms with Crippen molar-refractivity contribution in [2.75, 3.05) is 6.54 Å². The molecule has 43 heavy (non-hydrogen) atoms. The molecule has 2 aromatic rings. The Morgan fingerprint density at radius 1 is 1.02 bits per heavy atom. The molecule has 2 aromatic carbocycles. The van der Waals surface area contributed by atoms with Crippen LogP contribution in [0, 0.1) is 34.5 Å². The first kappa shape index (κ1) is 31.6. The van der Waals surface area contributed by atoms with Gasteiger partial charge >= 0.3 is 5.97 Å². The highest BCUT2D eigenvalue weighted by molar-refractivity contribution is 6.35. The number of allylic oxidation sites excluding steroid dienone is 2. The maximum absolute atomic E-state index is 13.5. The second-order valence-corrected chi connectivity index (χ2v) is 13.5. The van der Waals surface area contributed by atoms with Crippen LogP contribution in [0.4, 0.5) is 0 Å². The van der Waals surface area contributed by atoms with Gasteiger partial charge in [0.1, 0.15) is 6.10 Å². The van der Waals surface area contributed by atoms with Crippen molar-refractivity contribution >= 4 is 64.2 Å². The van der Waals surface area contributed by atoms with Gasteiger partial charge in [0.25, 0.3) is 11.8 Å². The smallest absolute Gasteiger partial charge is 0.338 e. The zero-order valence-corrected chi connectivity index (χ0v) is 26.7. The number of hydrogen-bond acceptors (Lipinski definition) is 5. The van der Waals surface area contributed by atoms with E-state index < -0.39 is 29.3 Å². The van der Waals surface area contributed by atoms with Gasteiger partial charge < -0.3 is 4.74 Å². The van der Waals surface area contributed by atoms with E-state index >= 15 is 0 Å². The molecule has 5 atom stereocenters. The molecule has 0 radical (unpaired) electrons. The molecule has 0 spiro atoms. The minimum Gasteiger partial charge on any atom is -0.454 e. The number of fused-ring (bicyclic) bond motifs is 3. The number of nitriles is 1. The average Bonchev–Trinajstić information content (AvgIpc) is 3.06. The number of esters is 1. The molecule has 3 aliphatic rings. The van der Waals surface area contributed by atoms with E-state index in [1.54, 1.807) is 12.1 Å². The van der Waals surface area contributed by atoms with Crippen molar-refractivity contribution in [2.45, 2.75) is 52.1 Å². The maximum Gasteiger partial charge on any atom is 0.338 e. The van der Waals surface area contributed by atoms with Crippen molar-refractivity contribution < 1.29 is 19.1 Å². The summed E-state index contributed by atoms with van der Waals surface area (Å²) in [5, 5.41) is 10.6. The van der Waals surface area contributed by atoms with E-state index in [1.807, 2.05) is 13.0 Å². The Labute approximate surface area is 271 Å². The number of ether oxygens (including phenoxy) is 1. The quantitative estimate of drug-likeness (QED) is 0.182. The van der Waals surface area contributed by atoms with Gasteiger partial charge in [-0.3, -0.25) is 14.5 Å². The predicted molar refractivity (Wildman–Crippen MR) is 167 cm³/mol. The standard InChI is InChI=1S/C33H30Cl4N2O4/c1-18-10-28(43-32(42)20-13-24(36)17-25(37)14-20)30-27(26(18)4-3-8-38)6-5-21-15-29(40)39(9-7-33(21,30)2)31(41)19-11-22(34)16-23(35)12-19/h10-17,26-28,30H,3-7,9H2,1-2H3/t26-,27+,28-,30-,33+/m1/s1. The largest absolute Gasteiger partial charge is 0.454 e. The van der Waals surface area contributed by atoms with Gasteiger partial charge in [-0.25, -0.2) is 4.79 Å². The van der Waals surface area contributed by atoms with Crippen LogP contribution in [0.1, 0.15) is 66.7 Å². The summed E-state index contributed by atoms with van der Waals surface area (Å²) in [6.45, 7) is 4.29. The van der Waals surface area contributed by atoms with Crippen LogP contribution >= 0.6 is 46.4 Å². The summed E-state index contributed by atoms with van der Waals surface area (Å²) < 4.78 is 6.21. The Kier molecular flexibility index (Phi) is 9.30. The lowest BCUT2D eigenvalue weighted by Gasteiger charge is -2.54. The Balaban J connectivity index is 1.51. The molecule has 2 amide bonds. The summed E-state index contributed by atoms with van der Waals surface area (Å²) in [6.07, 6.45) is 5.96. The molecule has 10 heteroatoms. The number of halogens is 4. The molecular weight excluding hydrogens is 630 g/mol. The van der Waals surface area contributed by atoms with Gasteiger partial charge in [-0.05, 0) is 92.3 Å². The molecule has 5 rings (SSSR count). The summed E-state index contributed by atoms with van der Waals surface area (Å²) in [6, 6.07) is 11.4. The Morgan fingerprint density at radius 3 is 2.23 bits per heavy atom. The van der Waals surface area contributed by atoms with E-state index in [2.05, 4.69) is 13.0 Å². The van der Waals surface area contributed by atoms with E-state index in [1.165, 1.54) is 35.2 Å². The van der Waals surface area contributed by atoms with Gasteiger partial charge in [0, 0.05) is 50.6 Å². The predicted octanol–water partition coefficient (Wildman–Crippen LogP) is 8.74. The summed E-state index contributed by atoms with van der Waals surface area (Å²) >= 11 is 24.6. The Hall–Kier alpha value is -2.82. The number of nitrogens with zero attached hydrogens (tertiary/aromatic N) is 2. The van der Waals surface area contributed by atoms with Crippen LogP contribution in [0.2, 0.25) is 20.1 Å². The number of imide groups is 1. The van der Waals surface area contributed by atoms with E-state index in [9.17, 15) is 19.6 Å². The monoisotopic (exact) mass is 658 g/mol. The van der Waals surface area contributed by atoms with Gasteiger partial charge in [0.2, 0.25) is 0 Å². The van der Waals surface area contributed by atoms with Crippen LogP contribution in [0.5, 0.6) is 0 Å². The number of rotatable bonds is 5. The van der Waals surface area contributed by atoms with Crippen molar-refractivity contribution in [3.05, 3.63) is 90.9 Å². The minimum absolute atomic E-state index is 0.102. The van der Waals surface area contributed by atoms with E-state index in [4.69, 9.17) is 51.1 Å². The molecular formula is C33H30Cl4N2O4. The zero-order valence-electron chi connectivity index (χ0n) is 23.7. The van der Waals surface area contributed by atoms with Gasteiger partial charge in [-0.15, -0.1) is 0 Å². The van der Waals surface area contributed by atoms with Crippen molar-refractivity contribution in [1.29, 1.82) is 5.26 Å². The van der Waals surface area contributed by atoms with Crippen LogP contribution in [0.25, 0.3) is 0 Å². The molecule has 0 bridgehead atoms. The third kappa shape index (κ3) is 6.37. The van der Waals surface area contributed by atoms with Gasteiger partial charge in [-0.1, -0.05) is 64.5 Å². The molecule has 0 N–H and O–H groups in total. The number of carbonyl (C=O) groups is 3. The Bertz CT molecular complexity index is 1560. The van der Waals surface area contributed by atoms with Crippen molar-refractivity contribution in [1.82, 2.24) is 4.90 Å². The highest BCUT2D eigenvalue weighted by Crippen LogP contribution is 2.58. The molecule has 1 saturated carbocycles. The lowest BCUT2D eigenvalue weighted by atomic mass is 9.51. The molecule has 0 unspecified atom stereocenters. The summed E-state index contributed by atoms with van der Waals surface area (Å²) in [5.74, 6) is -1.39. The highest BCUT2D eigenvalue weighted by Gasteiger charge is 2.54. The maximum atomic E-state index is 13.5. The molecule has 1 fully saturated rings. The van der Waals surface area contributed by atoms with E-state index in [-0.39, 0.29) is 35.4 Å². The summed E-state index contributed by atoms with van der Waals surface area (Å²) in [5.41, 5.74) is 1.91. The Morgan fingerprint density at radius 2 is 1.63 bits per heavy atom. The van der Waals surface area contributed by atoms with Crippen molar-refractivity contribution in [3.63, 3.8) is 0 Å². The molecule has 1 aliphatic heterocycles. The lowest BCUT2D eigenvalue weighted by molar-refractivity contribution is -0.123. The third-order valence-electron chi connectivity index (χ3n) is 9.24.